The van der Waals surface area contributed by atoms with Crippen molar-refractivity contribution in [1.29, 1.82) is 0 Å². The van der Waals surface area contributed by atoms with Gasteiger partial charge in [0.15, 0.2) is 0 Å². The molecular weight excluding hydrogens is 256 g/mol. The van der Waals surface area contributed by atoms with Crippen LogP contribution in [0, 0.1) is 16.0 Å². The van der Waals surface area contributed by atoms with E-state index in [1.165, 1.54) is 25.3 Å². The Hall–Kier alpha value is -1.85. The van der Waals surface area contributed by atoms with E-state index in [1.807, 2.05) is 11.9 Å². The molecule has 6 nitrogen and oxygen atoms in total. The number of nitrogens with one attached hydrogen (secondary N) is 1. The van der Waals surface area contributed by atoms with Gasteiger partial charge in [0.05, 0.1) is 4.92 Å². The molecule has 2 unspecified atom stereocenters. The van der Waals surface area contributed by atoms with Gasteiger partial charge in [-0.1, -0.05) is 19.8 Å². The maximum absolute atomic E-state index is 11.2. The number of nitro groups is 1. The topological polar surface area (TPSA) is 71.3 Å². The summed E-state index contributed by atoms with van der Waals surface area (Å²) in [5, 5.41) is 14.2. The molecule has 1 aromatic rings. The molecule has 0 saturated heterocycles. The number of pyridine rings is 1. The van der Waals surface area contributed by atoms with Crippen molar-refractivity contribution in [2.45, 2.75) is 38.6 Å². The van der Waals surface area contributed by atoms with Crippen molar-refractivity contribution in [1.82, 2.24) is 4.98 Å². The number of anilines is 2. The molecule has 1 heterocycles. The second-order valence-corrected chi connectivity index (χ2v) is 5.49. The van der Waals surface area contributed by atoms with Crippen molar-refractivity contribution < 1.29 is 4.92 Å². The van der Waals surface area contributed by atoms with E-state index in [0.29, 0.717) is 23.6 Å². The van der Waals surface area contributed by atoms with Crippen molar-refractivity contribution in [3.05, 3.63) is 22.2 Å². The molecule has 1 aromatic heterocycles. The van der Waals surface area contributed by atoms with E-state index >= 15 is 0 Å². The molecule has 2 atom stereocenters. The minimum absolute atomic E-state index is 0.0734. The molecular formula is C14H22N4O2. The predicted molar refractivity (Wildman–Crippen MR) is 80.3 cm³/mol. The highest BCUT2D eigenvalue weighted by Gasteiger charge is 2.30. The molecule has 1 saturated carbocycles. The first-order valence-corrected chi connectivity index (χ1v) is 7.10. The molecule has 0 bridgehead atoms. The Balaban J connectivity index is 2.35. The van der Waals surface area contributed by atoms with Crippen LogP contribution in [-0.2, 0) is 0 Å². The third-order valence-electron chi connectivity index (χ3n) is 4.21. The summed E-state index contributed by atoms with van der Waals surface area (Å²) in [6.07, 6.45) is 4.67. The minimum Gasteiger partial charge on any atom is -0.373 e. The van der Waals surface area contributed by atoms with Gasteiger partial charge in [0, 0.05) is 26.2 Å². The van der Waals surface area contributed by atoms with Crippen molar-refractivity contribution in [3.63, 3.8) is 0 Å². The molecule has 1 aliphatic carbocycles. The lowest BCUT2D eigenvalue weighted by Gasteiger charge is -2.36. The third-order valence-corrected chi connectivity index (χ3v) is 4.21. The van der Waals surface area contributed by atoms with Crippen molar-refractivity contribution in [3.8, 4) is 0 Å². The number of rotatable bonds is 4. The molecule has 0 aliphatic heterocycles. The number of nitrogens with zero attached hydrogens (tertiary/aromatic N) is 3. The highest BCUT2D eigenvalue weighted by molar-refractivity contribution is 5.62. The van der Waals surface area contributed by atoms with Crippen LogP contribution in [0.3, 0.4) is 0 Å². The summed E-state index contributed by atoms with van der Waals surface area (Å²) in [7, 11) is 3.68. The number of hydrogen-bond acceptors (Lipinski definition) is 5. The summed E-state index contributed by atoms with van der Waals surface area (Å²) >= 11 is 0. The second kappa shape index (κ2) is 6.07. The first-order chi connectivity index (χ1) is 9.54. The molecule has 1 N–H and O–H groups in total. The second-order valence-electron chi connectivity index (χ2n) is 5.49. The maximum Gasteiger partial charge on any atom is 0.311 e. The van der Waals surface area contributed by atoms with Gasteiger partial charge in [0.25, 0.3) is 0 Å². The Morgan fingerprint density at radius 2 is 2.10 bits per heavy atom. The normalized spacial score (nSPS) is 22.4. The zero-order valence-corrected chi connectivity index (χ0v) is 12.3. The first-order valence-electron chi connectivity index (χ1n) is 7.10. The Kier molecular flexibility index (Phi) is 4.42. The maximum atomic E-state index is 11.2. The Bertz CT molecular complexity index is 492. The van der Waals surface area contributed by atoms with Gasteiger partial charge in [-0.05, 0) is 24.8 Å². The monoisotopic (exact) mass is 278 g/mol. The molecule has 110 valence electrons. The van der Waals surface area contributed by atoms with E-state index in [2.05, 4.69) is 17.2 Å². The van der Waals surface area contributed by atoms with Crippen LogP contribution in [0.1, 0.15) is 32.6 Å². The van der Waals surface area contributed by atoms with Gasteiger partial charge in [-0.3, -0.25) is 10.1 Å². The Morgan fingerprint density at radius 1 is 1.40 bits per heavy atom. The fourth-order valence-corrected chi connectivity index (χ4v) is 3.01. The molecule has 0 spiro atoms. The van der Waals surface area contributed by atoms with E-state index in [-0.39, 0.29) is 10.6 Å². The summed E-state index contributed by atoms with van der Waals surface area (Å²) in [6, 6.07) is 3.49. The standard InChI is InChI=1S/C14H22N4O2/c1-10-6-4-5-7-11(10)17(3)14-12(18(19)20)8-9-13(15-2)16-14/h8-11H,4-7H2,1-3H3,(H,15,16). The van der Waals surface area contributed by atoms with Crippen molar-refractivity contribution in [2.75, 3.05) is 24.3 Å². The van der Waals surface area contributed by atoms with Crippen LogP contribution in [0.25, 0.3) is 0 Å². The lowest BCUT2D eigenvalue weighted by atomic mass is 9.85. The lowest BCUT2D eigenvalue weighted by Crippen LogP contribution is -2.39. The highest BCUT2D eigenvalue weighted by atomic mass is 16.6. The van der Waals surface area contributed by atoms with Crippen LogP contribution in [0.4, 0.5) is 17.3 Å². The van der Waals surface area contributed by atoms with E-state index in [9.17, 15) is 10.1 Å². The molecule has 6 heteroatoms. The average molecular weight is 278 g/mol. The van der Waals surface area contributed by atoms with E-state index in [0.717, 1.165) is 6.42 Å². The fourth-order valence-electron chi connectivity index (χ4n) is 3.01. The van der Waals surface area contributed by atoms with E-state index in [4.69, 9.17) is 0 Å². The van der Waals surface area contributed by atoms with Gasteiger partial charge in [0.2, 0.25) is 5.82 Å². The Morgan fingerprint density at radius 3 is 2.70 bits per heavy atom. The molecule has 2 rings (SSSR count). The van der Waals surface area contributed by atoms with Gasteiger partial charge < -0.3 is 10.2 Å². The highest BCUT2D eigenvalue weighted by Crippen LogP contribution is 2.34. The lowest BCUT2D eigenvalue weighted by molar-refractivity contribution is -0.384. The summed E-state index contributed by atoms with van der Waals surface area (Å²) < 4.78 is 0. The van der Waals surface area contributed by atoms with Gasteiger partial charge in [-0.15, -0.1) is 0 Å². The zero-order valence-electron chi connectivity index (χ0n) is 12.3. The van der Waals surface area contributed by atoms with Crippen LogP contribution in [0.15, 0.2) is 12.1 Å². The molecule has 0 radical (unpaired) electrons. The van der Waals surface area contributed by atoms with Crippen LogP contribution in [0.5, 0.6) is 0 Å². The van der Waals surface area contributed by atoms with Crippen LogP contribution >= 0.6 is 0 Å². The molecule has 1 fully saturated rings. The number of hydrogen-bond donors (Lipinski definition) is 1. The molecule has 1 aliphatic rings. The minimum atomic E-state index is -0.355. The molecule has 20 heavy (non-hydrogen) atoms. The summed E-state index contributed by atoms with van der Waals surface area (Å²) in [4.78, 5) is 17.2. The summed E-state index contributed by atoms with van der Waals surface area (Å²) in [6.45, 7) is 2.22. The van der Waals surface area contributed by atoms with E-state index in [1.54, 1.807) is 13.1 Å². The van der Waals surface area contributed by atoms with Gasteiger partial charge in [0.1, 0.15) is 5.82 Å². The molecule has 0 amide bonds. The van der Waals surface area contributed by atoms with Gasteiger partial charge >= 0.3 is 5.69 Å². The largest absolute Gasteiger partial charge is 0.373 e. The average Bonchev–Trinajstić information content (AvgIpc) is 2.46. The summed E-state index contributed by atoms with van der Waals surface area (Å²) in [5.41, 5.74) is 0.0734. The third kappa shape index (κ3) is 2.84. The fraction of sp³-hybridized carbons (Fsp3) is 0.643. The van der Waals surface area contributed by atoms with Gasteiger partial charge in [-0.25, -0.2) is 4.98 Å². The molecule has 0 aromatic carbocycles. The van der Waals surface area contributed by atoms with Gasteiger partial charge in [-0.2, -0.15) is 0 Å². The first kappa shape index (κ1) is 14.6. The quantitative estimate of drug-likeness (QED) is 0.677. The van der Waals surface area contributed by atoms with Crippen LogP contribution in [-0.4, -0.2) is 30.0 Å². The zero-order chi connectivity index (χ0) is 14.7. The smallest absolute Gasteiger partial charge is 0.311 e. The Labute approximate surface area is 119 Å². The van der Waals surface area contributed by atoms with Crippen molar-refractivity contribution >= 4 is 17.3 Å². The number of aromatic nitrogens is 1. The SMILES string of the molecule is CNc1ccc([N+](=O)[O-])c(N(C)C2CCCCC2C)n1. The predicted octanol–water partition coefficient (Wildman–Crippen LogP) is 3.05. The van der Waals surface area contributed by atoms with E-state index < -0.39 is 0 Å². The van der Waals surface area contributed by atoms with Crippen LogP contribution in [0.2, 0.25) is 0 Å². The van der Waals surface area contributed by atoms with Crippen LogP contribution < -0.4 is 10.2 Å². The summed E-state index contributed by atoms with van der Waals surface area (Å²) in [5.74, 6) is 1.65. The van der Waals surface area contributed by atoms with Crippen molar-refractivity contribution in [2.24, 2.45) is 5.92 Å².